The minimum atomic E-state index is -0.345. The maximum atomic E-state index is 9.48. The van der Waals surface area contributed by atoms with Gasteiger partial charge in [0.05, 0.1) is 6.10 Å². The van der Waals surface area contributed by atoms with Crippen LogP contribution in [0.15, 0.2) is 11.1 Å². The van der Waals surface area contributed by atoms with Gasteiger partial charge in [0.15, 0.2) is 0 Å². The number of hydrogen-bond acceptors (Lipinski definition) is 5. The van der Waals surface area contributed by atoms with Gasteiger partial charge in [-0.15, -0.1) is 11.8 Å². The number of nitrogens with zero attached hydrogens (tertiary/aromatic N) is 2. The van der Waals surface area contributed by atoms with Crippen LogP contribution in [0.3, 0.4) is 0 Å². The average Bonchev–Trinajstić information content (AvgIpc) is 2.25. The van der Waals surface area contributed by atoms with Crippen LogP contribution in [0.2, 0.25) is 0 Å². The molecule has 0 bridgehead atoms. The molecule has 0 saturated heterocycles. The minimum absolute atomic E-state index is 0.128. The first-order valence-electron chi connectivity index (χ1n) is 5.97. The van der Waals surface area contributed by atoms with Crippen molar-refractivity contribution in [2.24, 2.45) is 0 Å². The fourth-order valence-corrected chi connectivity index (χ4v) is 2.16. The highest BCUT2D eigenvalue weighted by Crippen LogP contribution is 2.24. The van der Waals surface area contributed by atoms with Crippen molar-refractivity contribution >= 4 is 17.7 Å². The SMILES string of the molecule is CCCNc1nc(C)cc(SC(C)C(C)O)n1. The quantitative estimate of drug-likeness (QED) is 0.604. The van der Waals surface area contributed by atoms with E-state index in [1.807, 2.05) is 19.9 Å². The number of nitrogens with one attached hydrogen (secondary N) is 1. The highest BCUT2D eigenvalue weighted by atomic mass is 32.2. The van der Waals surface area contributed by atoms with Crippen molar-refractivity contribution in [3.8, 4) is 0 Å². The second kappa shape index (κ2) is 6.81. The average molecular weight is 255 g/mol. The van der Waals surface area contributed by atoms with Crippen molar-refractivity contribution in [3.05, 3.63) is 11.8 Å². The van der Waals surface area contributed by atoms with Crippen molar-refractivity contribution in [1.82, 2.24) is 9.97 Å². The summed E-state index contributed by atoms with van der Waals surface area (Å²) in [6, 6.07) is 1.95. The number of aryl methyl sites for hydroxylation is 1. The number of aliphatic hydroxyl groups excluding tert-OH is 1. The van der Waals surface area contributed by atoms with Crippen LogP contribution in [0.1, 0.15) is 32.9 Å². The van der Waals surface area contributed by atoms with Gasteiger partial charge in [-0.05, 0) is 26.3 Å². The van der Waals surface area contributed by atoms with Gasteiger partial charge in [0.1, 0.15) is 5.03 Å². The van der Waals surface area contributed by atoms with Crippen LogP contribution in [0.25, 0.3) is 0 Å². The third-order valence-electron chi connectivity index (χ3n) is 2.35. The standard InChI is InChI=1S/C12H21N3OS/c1-5-6-13-12-14-8(2)7-11(15-12)17-10(4)9(3)16/h7,9-10,16H,5-6H2,1-4H3,(H,13,14,15). The first-order chi connectivity index (χ1) is 8.02. The normalized spacial score (nSPS) is 14.4. The second-order valence-corrected chi connectivity index (χ2v) is 5.56. The van der Waals surface area contributed by atoms with Gasteiger partial charge >= 0.3 is 0 Å². The zero-order valence-corrected chi connectivity index (χ0v) is 11.7. The van der Waals surface area contributed by atoms with Gasteiger partial charge in [0.25, 0.3) is 0 Å². The topological polar surface area (TPSA) is 58.0 Å². The van der Waals surface area contributed by atoms with Crippen LogP contribution < -0.4 is 5.32 Å². The summed E-state index contributed by atoms with van der Waals surface area (Å²) < 4.78 is 0. The van der Waals surface area contributed by atoms with Crippen molar-refractivity contribution in [2.75, 3.05) is 11.9 Å². The molecule has 4 nitrogen and oxygen atoms in total. The van der Waals surface area contributed by atoms with E-state index in [0.717, 1.165) is 23.7 Å². The summed E-state index contributed by atoms with van der Waals surface area (Å²) in [5.74, 6) is 0.673. The Bertz CT molecular complexity index is 358. The minimum Gasteiger partial charge on any atom is -0.392 e. The van der Waals surface area contributed by atoms with E-state index in [1.165, 1.54) is 0 Å². The molecule has 0 saturated carbocycles. The van der Waals surface area contributed by atoms with E-state index >= 15 is 0 Å². The van der Waals surface area contributed by atoms with Gasteiger partial charge < -0.3 is 10.4 Å². The molecule has 2 N–H and O–H groups in total. The molecule has 2 unspecified atom stereocenters. The van der Waals surface area contributed by atoms with E-state index in [-0.39, 0.29) is 11.4 Å². The fraction of sp³-hybridized carbons (Fsp3) is 0.667. The maximum absolute atomic E-state index is 9.48. The van der Waals surface area contributed by atoms with Gasteiger partial charge in [-0.2, -0.15) is 0 Å². The summed E-state index contributed by atoms with van der Waals surface area (Å²) in [5.41, 5.74) is 0.943. The Morgan fingerprint density at radius 3 is 2.71 bits per heavy atom. The Kier molecular flexibility index (Phi) is 5.71. The van der Waals surface area contributed by atoms with E-state index < -0.39 is 0 Å². The third-order valence-corrected chi connectivity index (χ3v) is 3.57. The Balaban J connectivity index is 2.74. The lowest BCUT2D eigenvalue weighted by molar-refractivity contribution is 0.196. The molecular weight excluding hydrogens is 234 g/mol. The summed E-state index contributed by atoms with van der Waals surface area (Å²) >= 11 is 1.57. The largest absolute Gasteiger partial charge is 0.392 e. The summed E-state index contributed by atoms with van der Waals surface area (Å²) in [4.78, 5) is 8.75. The lowest BCUT2D eigenvalue weighted by atomic mass is 10.3. The molecule has 96 valence electrons. The van der Waals surface area contributed by atoms with E-state index in [0.29, 0.717) is 5.95 Å². The predicted molar refractivity (Wildman–Crippen MR) is 72.5 cm³/mol. The predicted octanol–water partition coefficient (Wildman–Crippen LogP) is 2.47. The second-order valence-electron chi connectivity index (χ2n) is 4.16. The molecule has 0 fully saturated rings. The Hall–Kier alpha value is -0.810. The molecule has 17 heavy (non-hydrogen) atoms. The first-order valence-corrected chi connectivity index (χ1v) is 6.85. The molecule has 0 aromatic carbocycles. The molecule has 0 radical (unpaired) electrons. The van der Waals surface area contributed by atoms with Crippen LogP contribution in [0.5, 0.6) is 0 Å². The molecule has 0 aliphatic rings. The highest BCUT2D eigenvalue weighted by molar-refractivity contribution is 7.99. The van der Waals surface area contributed by atoms with E-state index in [4.69, 9.17) is 0 Å². The number of aliphatic hydroxyl groups is 1. The molecule has 1 heterocycles. The van der Waals surface area contributed by atoms with Crippen LogP contribution in [0, 0.1) is 6.92 Å². The lowest BCUT2D eigenvalue weighted by Crippen LogP contribution is -2.15. The molecule has 0 spiro atoms. The highest BCUT2D eigenvalue weighted by Gasteiger charge is 2.12. The number of thioether (sulfide) groups is 1. The van der Waals surface area contributed by atoms with Gasteiger partial charge in [-0.1, -0.05) is 13.8 Å². The van der Waals surface area contributed by atoms with Crippen molar-refractivity contribution in [3.63, 3.8) is 0 Å². The third kappa shape index (κ3) is 4.91. The van der Waals surface area contributed by atoms with Crippen molar-refractivity contribution < 1.29 is 5.11 Å². The summed E-state index contributed by atoms with van der Waals surface area (Å²) in [6.45, 7) is 8.72. The van der Waals surface area contributed by atoms with E-state index in [9.17, 15) is 5.11 Å². The zero-order valence-electron chi connectivity index (χ0n) is 10.9. The molecular formula is C12H21N3OS. The van der Waals surface area contributed by atoms with Crippen LogP contribution in [-0.2, 0) is 0 Å². The Labute approximate surface area is 107 Å². The number of rotatable bonds is 6. The zero-order chi connectivity index (χ0) is 12.8. The molecule has 0 aliphatic heterocycles. The molecule has 0 aliphatic carbocycles. The van der Waals surface area contributed by atoms with Crippen molar-refractivity contribution in [1.29, 1.82) is 0 Å². The van der Waals surface area contributed by atoms with Crippen molar-refractivity contribution in [2.45, 2.75) is 50.5 Å². The van der Waals surface area contributed by atoms with Gasteiger partial charge in [-0.25, -0.2) is 9.97 Å². The smallest absolute Gasteiger partial charge is 0.223 e. The Morgan fingerprint density at radius 1 is 1.41 bits per heavy atom. The van der Waals surface area contributed by atoms with E-state index in [2.05, 4.69) is 22.2 Å². The molecule has 0 amide bonds. The number of anilines is 1. The number of hydrogen-bond donors (Lipinski definition) is 2. The summed E-state index contributed by atoms with van der Waals surface area (Å²) in [6.07, 6.45) is 0.700. The van der Waals surface area contributed by atoms with Gasteiger partial charge in [-0.3, -0.25) is 0 Å². The van der Waals surface area contributed by atoms with E-state index in [1.54, 1.807) is 18.7 Å². The molecule has 2 atom stereocenters. The first kappa shape index (κ1) is 14.3. The van der Waals surface area contributed by atoms with Crippen LogP contribution in [0.4, 0.5) is 5.95 Å². The fourth-order valence-electron chi connectivity index (χ4n) is 1.20. The maximum Gasteiger partial charge on any atom is 0.223 e. The van der Waals surface area contributed by atoms with Gasteiger partial charge in [0, 0.05) is 17.5 Å². The lowest BCUT2D eigenvalue weighted by Gasteiger charge is -2.14. The van der Waals surface area contributed by atoms with Crippen LogP contribution >= 0.6 is 11.8 Å². The monoisotopic (exact) mass is 255 g/mol. The molecule has 1 aromatic heterocycles. The molecule has 5 heteroatoms. The molecule has 1 rings (SSSR count). The van der Waals surface area contributed by atoms with Crippen LogP contribution in [-0.4, -0.2) is 33.0 Å². The van der Waals surface area contributed by atoms with Gasteiger partial charge in [0.2, 0.25) is 5.95 Å². The summed E-state index contributed by atoms with van der Waals surface area (Å²) in [7, 11) is 0. The number of aromatic nitrogens is 2. The summed E-state index contributed by atoms with van der Waals surface area (Å²) in [5, 5.41) is 13.7. The molecule has 1 aromatic rings. The Morgan fingerprint density at radius 2 is 2.12 bits per heavy atom.